The van der Waals surface area contributed by atoms with Gasteiger partial charge in [0.25, 0.3) is 0 Å². The number of thiazole rings is 1. The first-order chi connectivity index (χ1) is 8.75. The minimum absolute atomic E-state index is 0.279. The Morgan fingerprint density at radius 3 is 2.67 bits per heavy atom. The zero-order valence-corrected chi connectivity index (χ0v) is 11.4. The summed E-state index contributed by atoms with van der Waals surface area (Å²) in [5.41, 5.74) is 3.03. The Morgan fingerprint density at radius 1 is 1.11 bits per heavy atom. The normalized spacial score (nSPS) is 10.7. The Balaban J connectivity index is 2.05. The van der Waals surface area contributed by atoms with Gasteiger partial charge in [0.2, 0.25) is 0 Å². The molecule has 0 saturated heterocycles. The van der Waals surface area contributed by atoms with Gasteiger partial charge in [-0.1, -0.05) is 12.1 Å². The molecule has 0 radical (unpaired) electrons. The summed E-state index contributed by atoms with van der Waals surface area (Å²) in [5, 5.41) is 14.8. The monoisotopic (exact) mass is 273 g/mol. The first-order valence-corrected chi connectivity index (χ1v) is 7.30. The van der Waals surface area contributed by atoms with Gasteiger partial charge in [0.15, 0.2) is 0 Å². The highest BCUT2D eigenvalue weighted by Gasteiger charge is 2.11. The molecule has 2 heterocycles. The molecule has 2 aromatic heterocycles. The van der Waals surface area contributed by atoms with E-state index in [9.17, 15) is 5.11 Å². The third kappa shape index (κ3) is 1.94. The molecule has 0 unspecified atom stereocenters. The van der Waals surface area contributed by atoms with Gasteiger partial charge in [-0.3, -0.25) is 0 Å². The molecular weight excluding hydrogens is 262 g/mol. The van der Waals surface area contributed by atoms with Crippen molar-refractivity contribution in [2.45, 2.75) is 6.92 Å². The highest BCUT2D eigenvalue weighted by Crippen LogP contribution is 2.36. The van der Waals surface area contributed by atoms with E-state index in [2.05, 4.69) is 23.4 Å². The van der Waals surface area contributed by atoms with Crippen LogP contribution in [0.25, 0.3) is 21.1 Å². The molecule has 0 aliphatic carbocycles. The van der Waals surface area contributed by atoms with E-state index in [1.807, 2.05) is 23.6 Å². The number of hydrogen-bond donors (Lipinski definition) is 1. The van der Waals surface area contributed by atoms with Gasteiger partial charge in [-0.25, -0.2) is 4.98 Å². The fraction of sp³-hybridized carbons (Fsp3) is 0.0714. The number of rotatable bonds is 2. The topological polar surface area (TPSA) is 33.1 Å². The number of benzene rings is 1. The summed E-state index contributed by atoms with van der Waals surface area (Å²) in [6.07, 6.45) is 0. The van der Waals surface area contributed by atoms with Crippen LogP contribution < -0.4 is 0 Å². The Morgan fingerprint density at radius 2 is 1.94 bits per heavy atom. The number of aromatic nitrogens is 1. The second-order valence-electron chi connectivity index (χ2n) is 3.99. The first kappa shape index (κ1) is 11.4. The fourth-order valence-electron chi connectivity index (χ4n) is 1.79. The van der Waals surface area contributed by atoms with E-state index < -0.39 is 0 Å². The van der Waals surface area contributed by atoms with Crippen LogP contribution in [-0.2, 0) is 0 Å². The lowest BCUT2D eigenvalue weighted by molar-refractivity contribution is 0.477. The van der Waals surface area contributed by atoms with Gasteiger partial charge in [0.1, 0.15) is 10.8 Å². The van der Waals surface area contributed by atoms with E-state index in [0.29, 0.717) is 0 Å². The maximum absolute atomic E-state index is 9.83. The number of para-hydroxylation sites is 1. The highest BCUT2D eigenvalue weighted by atomic mass is 32.1. The molecule has 18 heavy (non-hydrogen) atoms. The molecule has 3 rings (SSSR count). The summed E-state index contributed by atoms with van der Waals surface area (Å²) in [6.45, 7) is 2.09. The minimum Gasteiger partial charge on any atom is -0.507 e. The van der Waals surface area contributed by atoms with Gasteiger partial charge in [0.05, 0.1) is 16.1 Å². The van der Waals surface area contributed by atoms with Crippen LogP contribution >= 0.6 is 22.7 Å². The third-order valence-corrected chi connectivity index (χ3v) is 4.65. The number of aryl methyl sites for hydroxylation is 1. The van der Waals surface area contributed by atoms with Gasteiger partial charge in [-0.15, -0.1) is 22.7 Å². The molecule has 0 aliphatic heterocycles. The quantitative estimate of drug-likeness (QED) is 0.743. The average Bonchev–Trinajstić information content (AvgIpc) is 2.98. The molecule has 1 aromatic carbocycles. The summed E-state index contributed by atoms with van der Waals surface area (Å²) < 4.78 is 0. The van der Waals surface area contributed by atoms with Crippen LogP contribution in [0.3, 0.4) is 0 Å². The Hall–Kier alpha value is -1.65. The van der Waals surface area contributed by atoms with E-state index in [4.69, 9.17) is 0 Å². The summed E-state index contributed by atoms with van der Waals surface area (Å²) in [6, 6.07) is 9.40. The molecule has 0 aliphatic rings. The highest BCUT2D eigenvalue weighted by molar-refractivity contribution is 7.15. The molecule has 0 fully saturated rings. The Bertz CT molecular complexity index is 684. The van der Waals surface area contributed by atoms with Crippen LogP contribution in [0, 0.1) is 6.92 Å². The van der Waals surface area contributed by atoms with E-state index in [0.717, 1.165) is 16.3 Å². The summed E-state index contributed by atoms with van der Waals surface area (Å²) in [7, 11) is 0. The number of phenolic OH excluding ortho intramolecular Hbond substituents is 1. The van der Waals surface area contributed by atoms with Gasteiger partial charge < -0.3 is 5.11 Å². The van der Waals surface area contributed by atoms with E-state index >= 15 is 0 Å². The van der Waals surface area contributed by atoms with E-state index in [-0.39, 0.29) is 5.75 Å². The minimum atomic E-state index is 0.279. The van der Waals surface area contributed by atoms with Gasteiger partial charge in [0, 0.05) is 5.38 Å². The second-order valence-corrected chi connectivity index (χ2v) is 5.76. The van der Waals surface area contributed by atoms with Crippen molar-refractivity contribution in [1.82, 2.24) is 4.98 Å². The zero-order chi connectivity index (χ0) is 12.5. The van der Waals surface area contributed by atoms with Gasteiger partial charge in [-0.05, 0) is 36.1 Å². The van der Waals surface area contributed by atoms with Crippen molar-refractivity contribution < 1.29 is 5.11 Å². The molecular formula is C14H11NOS2. The number of nitrogens with zero attached hydrogens (tertiary/aromatic N) is 1. The Kier molecular flexibility index (Phi) is 2.89. The molecule has 0 amide bonds. The molecule has 4 heteroatoms. The largest absolute Gasteiger partial charge is 0.507 e. The van der Waals surface area contributed by atoms with Crippen LogP contribution in [0.1, 0.15) is 5.56 Å². The van der Waals surface area contributed by atoms with Crippen LogP contribution in [-0.4, -0.2) is 10.1 Å². The molecule has 90 valence electrons. The molecule has 0 bridgehead atoms. The SMILES string of the molecule is Cc1ccsc1-c1csc(-c2ccccc2O)n1. The summed E-state index contributed by atoms with van der Waals surface area (Å²) in [5.74, 6) is 0.279. The van der Waals surface area contributed by atoms with Crippen molar-refractivity contribution in [3.63, 3.8) is 0 Å². The number of hydrogen-bond acceptors (Lipinski definition) is 4. The first-order valence-electron chi connectivity index (χ1n) is 5.54. The average molecular weight is 273 g/mol. The number of thiophene rings is 1. The van der Waals surface area contributed by atoms with Crippen LogP contribution in [0.15, 0.2) is 41.1 Å². The maximum atomic E-state index is 9.83. The Labute approximate surface area is 113 Å². The predicted molar refractivity (Wildman–Crippen MR) is 77.3 cm³/mol. The fourth-order valence-corrected chi connectivity index (χ4v) is 3.60. The maximum Gasteiger partial charge on any atom is 0.127 e. The van der Waals surface area contributed by atoms with Crippen LogP contribution in [0.5, 0.6) is 5.75 Å². The lowest BCUT2D eigenvalue weighted by Gasteiger charge is -1.99. The van der Waals surface area contributed by atoms with E-state index in [1.165, 1.54) is 10.4 Å². The lowest BCUT2D eigenvalue weighted by Crippen LogP contribution is -1.79. The van der Waals surface area contributed by atoms with Crippen LogP contribution in [0.4, 0.5) is 0 Å². The lowest BCUT2D eigenvalue weighted by atomic mass is 10.2. The third-order valence-electron chi connectivity index (χ3n) is 2.73. The molecule has 2 nitrogen and oxygen atoms in total. The predicted octanol–water partition coefficient (Wildman–Crippen LogP) is 4.55. The number of aromatic hydroxyl groups is 1. The van der Waals surface area contributed by atoms with Crippen molar-refractivity contribution in [3.05, 3.63) is 46.7 Å². The molecule has 1 N–H and O–H groups in total. The smallest absolute Gasteiger partial charge is 0.127 e. The van der Waals surface area contributed by atoms with Crippen molar-refractivity contribution in [2.75, 3.05) is 0 Å². The van der Waals surface area contributed by atoms with Crippen molar-refractivity contribution in [3.8, 4) is 26.9 Å². The second kappa shape index (κ2) is 4.55. The molecule has 3 aromatic rings. The molecule has 0 saturated carbocycles. The van der Waals surface area contributed by atoms with Crippen LogP contribution in [0.2, 0.25) is 0 Å². The summed E-state index contributed by atoms with van der Waals surface area (Å²) in [4.78, 5) is 5.82. The molecule has 0 atom stereocenters. The standard InChI is InChI=1S/C14H11NOS2/c1-9-6-7-17-13(9)11-8-18-14(15-11)10-4-2-3-5-12(10)16/h2-8,16H,1H3. The van der Waals surface area contributed by atoms with Gasteiger partial charge in [-0.2, -0.15) is 0 Å². The number of phenols is 1. The van der Waals surface area contributed by atoms with E-state index in [1.54, 1.807) is 28.7 Å². The van der Waals surface area contributed by atoms with Crippen molar-refractivity contribution >= 4 is 22.7 Å². The zero-order valence-electron chi connectivity index (χ0n) is 9.75. The summed E-state index contributed by atoms with van der Waals surface area (Å²) >= 11 is 3.26. The van der Waals surface area contributed by atoms with Crippen molar-refractivity contribution in [1.29, 1.82) is 0 Å². The van der Waals surface area contributed by atoms with Crippen molar-refractivity contribution in [2.24, 2.45) is 0 Å². The van der Waals surface area contributed by atoms with Gasteiger partial charge >= 0.3 is 0 Å². The molecule has 0 spiro atoms.